The maximum Gasteiger partial charge on any atom is 0.322 e. The molecular formula is C20H24N2O3. The van der Waals surface area contributed by atoms with Gasteiger partial charge in [-0.2, -0.15) is 0 Å². The highest BCUT2D eigenvalue weighted by Gasteiger charge is 2.30. The quantitative estimate of drug-likeness (QED) is 0.898. The summed E-state index contributed by atoms with van der Waals surface area (Å²) in [5.41, 5.74) is 3.05. The molecule has 132 valence electrons. The molecule has 1 aliphatic rings. The number of carbonyl (C=O) groups is 1. The molecule has 0 spiro atoms. The average Bonchev–Trinajstić information content (AvgIpc) is 3.13. The molecule has 1 heterocycles. The fourth-order valence-corrected chi connectivity index (χ4v) is 3.25. The van der Waals surface area contributed by atoms with E-state index in [-0.39, 0.29) is 12.1 Å². The minimum atomic E-state index is -0.0684. The number of benzene rings is 2. The molecule has 2 aromatic carbocycles. The third-order valence-electron chi connectivity index (χ3n) is 4.61. The summed E-state index contributed by atoms with van der Waals surface area (Å²) in [5.74, 6) is 1.38. The molecule has 0 aliphatic carbocycles. The number of ether oxygens (including phenoxy) is 2. The number of rotatable bonds is 4. The number of amides is 2. The first-order valence-corrected chi connectivity index (χ1v) is 8.48. The highest BCUT2D eigenvalue weighted by Crippen LogP contribution is 2.37. The number of anilines is 1. The molecule has 25 heavy (non-hydrogen) atoms. The summed E-state index contributed by atoms with van der Waals surface area (Å²) < 4.78 is 10.7. The van der Waals surface area contributed by atoms with E-state index in [0.717, 1.165) is 30.6 Å². The van der Waals surface area contributed by atoms with E-state index in [1.54, 1.807) is 14.2 Å². The number of methoxy groups -OCH3 is 2. The first-order valence-electron chi connectivity index (χ1n) is 8.48. The van der Waals surface area contributed by atoms with Gasteiger partial charge >= 0.3 is 6.03 Å². The predicted molar refractivity (Wildman–Crippen MR) is 98.4 cm³/mol. The van der Waals surface area contributed by atoms with Crippen LogP contribution >= 0.6 is 0 Å². The van der Waals surface area contributed by atoms with Crippen LogP contribution in [-0.4, -0.2) is 31.7 Å². The van der Waals surface area contributed by atoms with Crippen molar-refractivity contribution in [1.29, 1.82) is 0 Å². The smallest absolute Gasteiger partial charge is 0.322 e. The van der Waals surface area contributed by atoms with Crippen molar-refractivity contribution in [3.8, 4) is 11.5 Å². The van der Waals surface area contributed by atoms with Crippen molar-refractivity contribution in [1.82, 2.24) is 4.90 Å². The lowest BCUT2D eigenvalue weighted by Crippen LogP contribution is -2.34. The van der Waals surface area contributed by atoms with Crippen LogP contribution < -0.4 is 14.8 Å². The Morgan fingerprint density at radius 1 is 1.08 bits per heavy atom. The summed E-state index contributed by atoms with van der Waals surface area (Å²) >= 11 is 0. The molecule has 1 fully saturated rings. The standard InChI is InChI=1S/C20H24N2O3/c1-14-6-9-16(10-7-14)21-20(23)22-12-4-5-17(22)15-8-11-18(24-2)19(13-15)25-3/h6-11,13,17H,4-5,12H2,1-3H3,(H,21,23). The van der Waals surface area contributed by atoms with E-state index in [9.17, 15) is 4.79 Å². The Morgan fingerprint density at radius 2 is 1.80 bits per heavy atom. The fraction of sp³-hybridized carbons (Fsp3) is 0.350. The van der Waals surface area contributed by atoms with Crippen molar-refractivity contribution < 1.29 is 14.3 Å². The van der Waals surface area contributed by atoms with Gasteiger partial charge in [0.1, 0.15) is 0 Å². The first kappa shape index (κ1) is 17.1. The van der Waals surface area contributed by atoms with Crippen molar-refractivity contribution in [2.45, 2.75) is 25.8 Å². The van der Waals surface area contributed by atoms with E-state index in [1.807, 2.05) is 54.3 Å². The van der Waals surface area contributed by atoms with Crippen molar-refractivity contribution in [3.05, 3.63) is 53.6 Å². The minimum Gasteiger partial charge on any atom is -0.493 e. The van der Waals surface area contributed by atoms with E-state index in [1.165, 1.54) is 5.56 Å². The normalized spacial score (nSPS) is 16.6. The SMILES string of the molecule is COc1ccc(C2CCCN2C(=O)Nc2ccc(C)cc2)cc1OC. The Balaban J connectivity index is 1.77. The van der Waals surface area contributed by atoms with Crippen LogP contribution in [0.15, 0.2) is 42.5 Å². The Bertz CT molecular complexity index is 743. The molecule has 1 N–H and O–H groups in total. The van der Waals surface area contributed by atoms with Gasteiger partial charge in [-0.25, -0.2) is 4.79 Å². The second kappa shape index (κ2) is 7.47. The maximum absolute atomic E-state index is 12.7. The summed E-state index contributed by atoms with van der Waals surface area (Å²) in [5, 5.41) is 2.99. The van der Waals surface area contributed by atoms with Crippen molar-refractivity contribution >= 4 is 11.7 Å². The second-order valence-corrected chi connectivity index (χ2v) is 6.26. The van der Waals surface area contributed by atoms with Gasteiger partial charge in [0.15, 0.2) is 11.5 Å². The van der Waals surface area contributed by atoms with Gasteiger partial charge in [0.25, 0.3) is 0 Å². The van der Waals surface area contributed by atoms with E-state index in [4.69, 9.17) is 9.47 Å². The zero-order valence-corrected chi connectivity index (χ0v) is 14.9. The third kappa shape index (κ3) is 3.71. The van der Waals surface area contributed by atoms with Gasteiger partial charge in [0.05, 0.1) is 20.3 Å². The molecular weight excluding hydrogens is 316 g/mol. The van der Waals surface area contributed by atoms with Crippen LogP contribution in [0.2, 0.25) is 0 Å². The molecule has 0 saturated carbocycles. The summed E-state index contributed by atoms with van der Waals surface area (Å²) in [6.07, 6.45) is 1.93. The van der Waals surface area contributed by atoms with Gasteiger partial charge in [-0.3, -0.25) is 0 Å². The van der Waals surface area contributed by atoms with Crippen LogP contribution in [0.1, 0.15) is 30.0 Å². The second-order valence-electron chi connectivity index (χ2n) is 6.26. The van der Waals surface area contributed by atoms with Gasteiger partial charge in [0.2, 0.25) is 0 Å². The van der Waals surface area contributed by atoms with Gasteiger partial charge in [0, 0.05) is 12.2 Å². The fourth-order valence-electron chi connectivity index (χ4n) is 3.25. The number of hydrogen-bond acceptors (Lipinski definition) is 3. The molecule has 1 unspecified atom stereocenters. The summed E-state index contributed by atoms with van der Waals surface area (Å²) in [6, 6.07) is 13.7. The number of nitrogens with one attached hydrogen (secondary N) is 1. The lowest BCUT2D eigenvalue weighted by atomic mass is 10.0. The van der Waals surface area contributed by atoms with Crippen molar-refractivity contribution in [2.75, 3.05) is 26.1 Å². The van der Waals surface area contributed by atoms with Crippen LogP contribution in [0, 0.1) is 6.92 Å². The van der Waals surface area contributed by atoms with Crippen LogP contribution in [0.3, 0.4) is 0 Å². The summed E-state index contributed by atoms with van der Waals surface area (Å²) in [4.78, 5) is 14.6. The van der Waals surface area contributed by atoms with E-state index < -0.39 is 0 Å². The third-order valence-corrected chi connectivity index (χ3v) is 4.61. The molecule has 3 rings (SSSR count). The summed E-state index contributed by atoms with van der Waals surface area (Å²) in [7, 11) is 3.24. The average molecular weight is 340 g/mol. The number of aryl methyl sites for hydroxylation is 1. The Kier molecular flexibility index (Phi) is 5.12. The predicted octanol–water partition coefficient (Wildman–Crippen LogP) is 4.38. The monoisotopic (exact) mass is 340 g/mol. The Morgan fingerprint density at radius 3 is 2.48 bits per heavy atom. The maximum atomic E-state index is 12.7. The molecule has 1 atom stereocenters. The van der Waals surface area contributed by atoms with E-state index >= 15 is 0 Å². The molecule has 1 saturated heterocycles. The highest BCUT2D eigenvalue weighted by atomic mass is 16.5. The molecule has 0 aromatic heterocycles. The zero-order chi connectivity index (χ0) is 17.8. The van der Waals surface area contributed by atoms with Crippen LogP contribution in [0.25, 0.3) is 0 Å². The minimum absolute atomic E-state index is 0.0465. The Hall–Kier alpha value is -2.69. The topological polar surface area (TPSA) is 50.8 Å². The number of nitrogens with zero attached hydrogens (tertiary/aromatic N) is 1. The van der Waals surface area contributed by atoms with Gasteiger partial charge in [-0.15, -0.1) is 0 Å². The Labute approximate surface area is 148 Å². The molecule has 2 aromatic rings. The molecule has 5 nitrogen and oxygen atoms in total. The van der Waals surface area contributed by atoms with Crippen LogP contribution in [0.4, 0.5) is 10.5 Å². The molecule has 5 heteroatoms. The van der Waals surface area contributed by atoms with Crippen LogP contribution in [0.5, 0.6) is 11.5 Å². The number of urea groups is 1. The number of carbonyl (C=O) groups excluding carboxylic acids is 1. The van der Waals surface area contributed by atoms with E-state index in [0.29, 0.717) is 11.5 Å². The van der Waals surface area contributed by atoms with Crippen molar-refractivity contribution in [3.63, 3.8) is 0 Å². The van der Waals surface area contributed by atoms with E-state index in [2.05, 4.69) is 5.32 Å². The number of likely N-dealkylation sites (tertiary alicyclic amines) is 1. The van der Waals surface area contributed by atoms with Gasteiger partial charge < -0.3 is 19.7 Å². The number of hydrogen-bond donors (Lipinski definition) is 1. The summed E-state index contributed by atoms with van der Waals surface area (Å²) in [6.45, 7) is 2.77. The largest absolute Gasteiger partial charge is 0.493 e. The van der Waals surface area contributed by atoms with Gasteiger partial charge in [-0.1, -0.05) is 23.8 Å². The molecule has 0 radical (unpaired) electrons. The molecule has 1 aliphatic heterocycles. The molecule has 0 bridgehead atoms. The molecule has 2 amide bonds. The van der Waals surface area contributed by atoms with Gasteiger partial charge in [-0.05, 0) is 49.6 Å². The zero-order valence-electron chi connectivity index (χ0n) is 14.9. The van der Waals surface area contributed by atoms with Crippen LogP contribution in [-0.2, 0) is 0 Å². The van der Waals surface area contributed by atoms with Crippen molar-refractivity contribution in [2.24, 2.45) is 0 Å². The lowest BCUT2D eigenvalue weighted by Gasteiger charge is -2.26. The lowest BCUT2D eigenvalue weighted by molar-refractivity contribution is 0.207. The highest BCUT2D eigenvalue weighted by molar-refractivity contribution is 5.89. The first-order chi connectivity index (χ1) is 12.1.